The zero-order chi connectivity index (χ0) is 22.7. The molecule has 3 aliphatic heterocycles. The monoisotopic (exact) mass is 469 g/mol. The quantitative estimate of drug-likeness (QED) is 0.546. The van der Waals surface area contributed by atoms with E-state index in [-0.39, 0.29) is 17.6 Å². The summed E-state index contributed by atoms with van der Waals surface area (Å²) in [6.07, 6.45) is 3.98. The molecule has 11 heteroatoms. The molecule has 3 aliphatic rings. The van der Waals surface area contributed by atoms with Gasteiger partial charge in [-0.1, -0.05) is 11.6 Å². The maximum Gasteiger partial charge on any atom is 0.183 e. The van der Waals surface area contributed by atoms with E-state index >= 15 is 0 Å². The second-order valence-corrected chi connectivity index (χ2v) is 9.80. The fraction of sp³-hybridized carbons (Fsp3) is 0.545. The lowest BCUT2D eigenvalue weighted by Crippen LogP contribution is -2.50. The number of nitrogens with two attached hydrogens (primary N) is 1. The highest BCUT2D eigenvalue weighted by atomic mass is 35.5. The van der Waals surface area contributed by atoms with Crippen molar-refractivity contribution in [1.82, 2.24) is 25.1 Å². The number of fused-ring (bicyclic) bond motifs is 2. The Kier molecular flexibility index (Phi) is 4.86. The molecule has 6 heterocycles. The molecule has 3 N–H and O–H groups in total. The topological polar surface area (TPSA) is 112 Å². The normalized spacial score (nSPS) is 24.7. The zero-order valence-electron chi connectivity index (χ0n) is 18.8. The minimum Gasteiger partial charge on any atom is -0.376 e. The van der Waals surface area contributed by atoms with E-state index in [2.05, 4.69) is 36.8 Å². The number of ether oxygens (including phenoxy) is 1. The number of rotatable bonds is 2. The summed E-state index contributed by atoms with van der Waals surface area (Å²) in [5.74, 6) is 2.45. The standard InChI is InChI=1S/C22H28ClN9O/c1-13-18(24)22(12-33-13)5-7-31(8-6-22)16-11-25-17-19(27-16)28-29-21(17)32-10-9-30(2)20-14(32)3-4-15(23)26-20/h3-4,11,13,18H,5-10,12,24H2,1-2H3,(H,27,28,29)/t13-,18+/m0/s1. The number of nitrogens with one attached hydrogen (secondary N) is 1. The van der Waals surface area contributed by atoms with Crippen LogP contribution in [-0.4, -0.2) is 77.1 Å². The van der Waals surface area contributed by atoms with Crippen molar-refractivity contribution < 1.29 is 4.74 Å². The van der Waals surface area contributed by atoms with E-state index in [1.165, 1.54) is 0 Å². The summed E-state index contributed by atoms with van der Waals surface area (Å²) in [7, 11) is 2.02. The molecule has 174 valence electrons. The van der Waals surface area contributed by atoms with Crippen molar-refractivity contribution in [3.8, 4) is 0 Å². The number of hydrogen-bond donors (Lipinski definition) is 2. The number of piperidine rings is 1. The first-order valence-electron chi connectivity index (χ1n) is 11.4. The van der Waals surface area contributed by atoms with Gasteiger partial charge in [0.25, 0.3) is 0 Å². The van der Waals surface area contributed by atoms with E-state index in [4.69, 9.17) is 32.0 Å². The highest BCUT2D eigenvalue weighted by molar-refractivity contribution is 6.29. The van der Waals surface area contributed by atoms with Crippen molar-refractivity contribution in [2.45, 2.75) is 31.9 Å². The van der Waals surface area contributed by atoms with Crippen molar-refractivity contribution in [3.63, 3.8) is 0 Å². The summed E-state index contributed by atoms with van der Waals surface area (Å²) >= 11 is 6.14. The molecule has 2 atom stereocenters. The smallest absolute Gasteiger partial charge is 0.183 e. The average molecular weight is 470 g/mol. The van der Waals surface area contributed by atoms with Crippen LogP contribution < -0.4 is 20.4 Å². The molecule has 0 saturated carbocycles. The number of aromatic nitrogens is 5. The molecule has 3 aromatic rings. The van der Waals surface area contributed by atoms with Gasteiger partial charge in [0.05, 0.1) is 24.6 Å². The molecule has 10 nitrogen and oxygen atoms in total. The summed E-state index contributed by atoms with van der Waals surface area (Å²) in [5.41, 5.74) is 8.94. The van der Waals surface area contributed by atoms with Gasteiger partial charge in [-0.15, -0.1) is 0 Å². The molecule has 2 fully saturated rings. The number of aromatic amines is 1. The van der Waals surface area contributed by atoms with Crippen molar-refractivity contribution in [1.29, 1.82) is 0 Å². The molecule has 33 heavy (non-hydrogen) atoms. The van der Waals surface area contributed by atoms with Crippen LogP contribution in [0, 0.1) is 5.41 Å². The van der Waals surface area contributed by atoms with Crippen LogP contribution >= 0.6 is 11.6 Å². The summed E-state index contributed by atoms with van der Waals surface area (Å²) in [4.78, 5) is 20.6. The van der Waals surface area contributed by atoms with Crippen LogP contribution in [0.2, 0.25) is 5.15 Å². The summed E-state index contributed by atoms with van der Waals surface area (Å²) < 4.78 is 5.85. The number of likely N-dealkylation sites (N-methyl/N-ethyl adjacent to an activating group) is 1. The second-order valence-electron chi connectivity index (χ2n) is 9.41. The Balaban J connectivity index is 1.26. The van der Waals surface area contributed by atoms with E-state index in [1.807, 2.05) is 19.3 Å². The Hall–Kier alpha value is -2.69. The average Bonchev–Trinajstić information content (AvgIpc) is 3.37. The molecule has 0 aromatic carbocycles. The predicted molar refractivity (Wildman–Crippen MR) is 128 cm³/mol. The van der Waals surface area contributed by atoms with Crippen molar-refractivity contribution in [2.75, 3.05) is 54.5 Å². The first kappa shape index (κ1) is 20.9. The Morgan fingerprint density at radius 1 is 1.15 bits per heavy atom. The largest absolute Gasteiger partial charge is 0.376 e. The summed E-state index contributed by atoms with van der Waals surface area (Å²) in [5, 5.41) is 8.13. The molecule has 0 radical (unpaired) electrons. The SMILES string of the molecule is C[C@@H]1OCC2(CCN(c3cnc4c(N5CCN(C)c6nc(Cl)ccc65)n[nH]c4n3)CC2)[C@@H]1N. The Morgan fingerprint density at radius 2 is 1.97 bits per heavy atom. The van der Waals surface area contributed by atoms with Crippen molar-refractivity contribution in [3.05, 3.63) is 23.5 Å². The van der Waals surface area contributed by atoms with Crippen molar-refractivity contribution in [2.24, 2.45) is 11.1 Å². The van der Waals surface area contributed by atoms with E-state index in [0.717, 1.165) is 74.3 Å². The van der Waals surface area contributed by atoms with E-state index in [0.29, 0.717) is 10.8 Å². The predicted octanol–water partition coefficient (Wildman–Crippen LogP) is 2.32. The van der Waals surface area contributed by atoms with Gasteiger partial charge in [0.15, 0.2) is 22.8 Å². The Morgan fingerprint density at radius 3 is 2.73 bits per heavy atom. The molecule has 0 amide bonds. The minimum absolute atomic E-state index is 0.0837. The summed E-state index contributed by atoms with van der Waals surface area (Å²) in [6, 6.07) is 3.88. The number of pyridine rings is 1. The first-order chi connectivity index (χ1) is 15.9. The molecular weight excluding hydrogens is 442 g/mol. The van der Waals surface area contributed by atoms with Gasteiger partial charge >= 0.3 is 0 Å². The van der Waals surface area contributed by atoms with Gasteiger partial charge < -0.3 is 25.2 Å². The number of H-pyrrole nitrogens is 1. The molecular formula is C22H28ClN9O. The van der Waals surface area contributed by atoms with E-state index in [9.17, 15) is 0 Å². The maximum absolute atomic E-state index is 6.47. The van der Waals surface area contributed by atoms with E-state index in [1.54, 1.807) is 6.07 Å². The van der Waals surface area contributed by atoms with Gasteiger partial charge in [-0.05, 0) is 31.9 Å². The first-order valence-corrected chi connectivity index (χ1v) is 11.8. The van der Waals surface area contributed by atoms with Crippen molar-refractivity contribution >= 4 is 45.9 Å². The lowest BCUT2D eigenvalue weighted by atomic mass is 9.73. The number of hydrogen-bond acceptors (Lipinski definition) is 9. The molecule has 0 unspecified atom stereocenters. The highest BCUT2D eigenvalue weighted by Crippen LogP contribution is 2.42. The van der Waals surface area contributed by atoms with Gasteiger partial charge in [-0.25, -0.2) is 15.0 Å². The molecule has 1 spiro atoms. The number of anilines is 4. The second kappa shape index (κ2) is 7.68. The van der Waals surface area contributed by atoms with Crippen LogP contribution in [0.3, 0.4) is 0 Å². The molecule has 0 aliphatic carbocycles. The lowest BCUT2D eigenvalue weighted by Gasteiger charge is -2.41. The van der Waals surface area contributed by atoms with Crippen LogP contribution in [0.15, 0.2) is 18.3 Å². The number of halogens is 1. The fourth-order valence-electron chi connectivity index (χ4n) is 5.38. The van der Waals surface area contributed by atoms with Crippen LogP contribution in [-0.2, 0) is 4.74 Å². The Labute approximate surface area is 197 Å². The third-order valence-electron chi connectivity index (χ3n) is 7.56. The van der Waals surface area contributed by atoms with Gasteiger partial charge in [0, 0.05) is 44.7 Å². The van der Waals surface area contributed by atoms with Gasteiger partial charge in [-0.2, -0.15) is 5.10 Å². The molecule has 6 rings (SSSR count). The maximum atomic E-state index is 6.47. The summed E-state index contributed by atoms with van der Waals surface area (Å²) in [6.45, 7) is 6.19. The van der Waals surface area contributed by atoms with Crippen LogP contribution in [0.25, 0.3) is 11.2 Å². The third kappa shape index (κ3) is 3.31. The fourth-order valence-corrected chi connectivity index (χ4v) is 5.52. The van der Waals surface area contributed by atoms with Crippen LogP contribution in [0.5, 0.6) is 0 Å². The van der Waals surface area contributed by atoms with E-state index < -0.39 is 0 Å². The number of nitrogens with zero attached hydrogens (tertiary/aromatic N) is 7. The van der Waals surface area contributed by atoms with Crippen LogP contribution in [0.1, 0.15) is 19.8 Å². The highest BCUT2D eigenvalue weighted by Gasteiger charge is 2.47. The lowest BCUT2D eigenvalue weighted by molar-refractivity contribution is 0.0974. The van der Waals surface area contributed by atoms with Crippen LogP contribution in [0.4, 0.5) is 23.1 Å². The molecule has 2 saturated heterocycles. The third-order valence-corrected chi connectivity index (χ3v) is 7.77. The molecule has 0 bridgehead atoms. The minimum atomic E-state index is 0.0837. The van der Waals surface area contributed by atoms with Gasteiger partial charge in [0.1, 0.15) is 11.0 Å². The Bertz CT molecular complexity index is 1190. The van der Waals surface area contributed by atoms with Gasteiger partial charge in [0.2, 0.25) is 0 Å². The van der Waals surface area contributed by atoms with Gasteiger partial charge in [-0.3, -0.25) is 5.10 Å². The zero-order valence-corrected chi connectivity index (χ0v) is 19.6. The molecule has 3 aromatic heterocycles.